The zero-order valence-electron chi connectivity index (χ0n) is 10.9. The Bertz CT molecular complexity index is 873. The van der Waals surface area contributed by atoms with Gasteiger partial charge in [0.2, 0.25) is 0 Å². The van der Waals surface area contributed by atoms with E-state index in [-0.39, 0.29) is 28.1 Å². The average molecular weight is 303 g/mol. The van der Waals surface area contributed by atoms with Gasteiger partial charge in [-0.15, -0.1) is 5.46 Å². The number of pyridine rings is 1. The van der Waals surface area contributed by atoms with Gasteiger partial charge in [0.1, 0.15) is 29.1 Å². The van der Waals surface area contributed by atoms with Crippen LogP contribution in [0.2, 0.25) is 0 Å². The third-order valence-electron chi connectivity index (χ3n) is 3.05. The molecular formula is C13H7BF3N4O-. The molecule has 22 heavy (non-hydrogen) atoms. The summed E-state index contributed by atoms with van der Waals surface area (Å²) in [6.07, 6.45) is 0. The molecule has 5 nitrogen and oxygen atoms in total. The van der Waals surface area contributed by atoms with Crippen LogP contribution in [0, 0.1) is 22.7 Å². The van der Waals surface area contributed by atoms with Crippen molar-refractivity contribution in [3.63, 3.8) is 0 Å². The third kappa shape index (κ3) is 2.52. The van der Waals surface area contributed by atoms with E-state index >= 15 is 0 Å². The van der Waals surface area contributed by atoms with Crippen molar-refractivity contribution in [1.82, 2.24) is 4.98 Å². The summed E-state index contributed by atoms with van der Waals surface area (Å²) in [5.74, 6) is -0.245. The van der Waals surface area contributed by atoms with E-state index < -0.39 is 18.0 Å². The van der Waals surface area contributed by atoms with Crippen molar-refractivity contribution >= 4 is 18.3 Å². The molecule has 0 radical (unpaired) electrons. The number of nitriles is 2. The standard InChI is InChI=1S/C13H7BF3N4O/c15-14(16,17)8-3-1-7(2-4-8)11-9(5-18)12(20)21-13(22)10(11)6-19/h1-4H,(H3,20,21,22)/q-1. The van der Waals surface area contributed by atoms with Gasteiger partial charge in [0.15, 0.2) is 0 Å². The van der Waals surface area contributed by atoms with Crippen LogP contribution in [0.3, 0.4) is 0 Å². The zero-order chi connectivity index (χ0) is 16.5. The van der Waals surface area contributed by atoms with Crippen LogP contribution in [-0.2, 0) is 0 Å². The Morgan fingerprint density at radius 3 is 2.05 bits per heavy atom. The molecule has 1 aromatic heterocycles. The second-order valence-electron chi connectivity index (χ2n) is 4.41. The minimum Gasteiger partial charge on any atom is -0.445 e. The molecule has 0 spiro atoms. The molecule has 0 aliphatic carbocycles. The van der Waals surface area contributed by atoms with Crippen molar-refractivity contribution in [3.8, 4) is 23.3 Å². The summed E-state index contributed by atoms with van der Waals surface area (Å²) < 4.78 is 37.9. The van der Waals surface area contributed by atoms with Gasteiger partial charge in [0.05, 0.1) is 0 Å². The summed E-state index contributed by atoms with van der Waals surface area (Å²) in [4.78, 5) is 13.9. The van der Waals surface area contributed by atoms with Crippen molar-refractivity contribution in [3.05, 3.63) is 45.7 Å². The molecular weight excluding hydrogens is 296 g/mol. The second kappa shape index (κ2) is 5.30. The molecule has 0 aliphatic rings. The number of aromatic nitrogens is 1. The van der Waals surface area contributed by atoms with Crippen LogP contribution < -0.4 is 16.8 Å². The van der Waals surface area contributed by atoms with Crippen LogP contribution in [-0.4, -0.2) is 12.0 Å². The van der Waals surface area contributed by atoms with E-state index in [1.165, 1.54) is 0 Å². The Hall–Kier alpha value is -3.20. The first-order chi connectivity index (χ1) is 10.3. The zero-order valence-corrected chi connectivity index (χ0v) is 10.9. The van der Waals surface area contributed by atoms with Gasteiger partial charge in [-0.2, -0.15) is 10.5 Å². The lowest BCUT2D eigenvalue weighted by atomic mass is 9.79. The van der Waals surface area contributed by atoms with Crippen LogP contribution in [0.4, 0.5) is 18.8 Å². The first-order valence-corrected chi connectivity index (χ1v) is 5.95. The molecule has 2 aromatic rings. The molecule has 0 aliphatic heterocycles. The lowest BCUT2D eigenvalue weighted by Crippen LogP contribution is -2.33. The predicted molar refractivity (Wildman–Crippen MR) is 75.1 cm³/mol. The maximum atomic E-state index is 12.6. The van der Waals surface area contributed by atoms with Gasteiger partial charge in [0.25, 0.3) is 5.56 Å². The number of H-pyrrole nitrogens is 1. The van der Waals surface area contributed by atoms with E-state index in [0.29, 0.717) is 0 Å². The van der Waals surface area contributed by atoms with Crippen LogP contribution in [0.25, 0.3) is 11.1 Å². The number of anilines is 1. The first kappa shape index (κ1) is 15.2. The number of nitrogen functional groups attached to an aromatic ring is 1. The van der Waals surface area contributed by atoms with Gasteiger partial charge < -0.3 is 23.7 Å². The summed E-state index contributed by atoms with van der Waals surface area (Å²) >= 11 is 0. The number of benzene rings is 1. The number of nitrogens with two attached hydrogens (primary N) is 1. The number of hydrogen-bond acceptors (Lipinski definition) is 4. The first-order valence-electron chi connectivity index (χ1n) is 5.95. The summed E-state index contributed by atoms with van der Waals surface area (Å²) in [7, 11) is 0. The van der Waals surface area contributed by atoms with Gasteiger partial charge in [-0.3, -0.25) is 4.79 Å². The molecule has 0 atom stereocenters. The van der Waals surface area contributed by atoms with Crippen LogP contribution in [0.1, 0.15) is 11.1 Å². The lowest BCUT2D eigenvalue weighted by Gasteiger charge is -2.15. The molecule has 0 bridgehead atoms. The Kier molecular flexibility index (Phi) is 3.66. The summed E-state index contributed by atoms with van der Waals surface area (Å²) in [5, 5.41) is 18.2. The maximum Gasteiger partial charge on any atom is 0.509 e. The second-order valence-corrected chi connectivity index (χ2v) is 4.41. The van der Waals surface area contributed by atoms with Gasteiger partial charge in [-0.1, -0.05) is 24.3 Å². The van der Waals surface area contributed by atoms with E-state index in [2.05, 4.69) is 4.98 Å². The van der Waals surface area contributed by atoms with Crippen LogP contribution in [0.5, 0.6) is 0 Å². The Morgan fingerprint density at radius 2 is 1.59 bits per heavy atom. The van der Waals surface area contributed by atoms with Crippen molar-refractivity contribution in [2.75, 3.05) is 5.73 Å². The summed E-state index contributed by atoms with van der Waals surface area (Å²) in [6, 6.07) is 7.24. The fourth-order valence-corrected chi connectivity index (χ4v) is 2.00. The van der Waals surface area contributed by atoms with Gasteiger partial charge in [-0.05, 0) is 5.56 Å². The van der Waals surface area contributed by atoms with Crippen LogP contribution >= 0.6 is 0 Å². The fourth-order valence-electron chi connectivity index (χ4n) is 2.00. The van der Waals surface area contributed by atoms with Crippen LogP contribution in [0.15, 0.2) is 29.1 Å². The normalized spacial score (nSPS) is 10.8. The molecule has 0 saturated carbocycles. The molecule has 1 heterocycles. The van der Waals surface area contributed by atoms with Crippen molar-refractivity contribution in [1.29, 1.82) is 10.5 Å². The molecule has 110 valence electrons. The molecule has 0 unspecified atom stereocenters. The molecule has 3 N–H and O–H groups in total. The van der Waals surface area contributed by atoms with Crippen molar-refractivity contribution in [2.45, 2.75) is 0 Å². The SMILES string of the molecule is N#Cc1c(N)[nH]c(=O)c(C#N)c1-c1ccc([B-](F)(F)F)cc1. The number of halogens is 3. The molecule has 1 aromatic carbocycles. The fraction of sp³-hybridized carbons (Fsp3) is 0. The smallest absolute Gasteiger partial charge is 0.445 e. The average Bonchev–Trinajstić information content (AvgIpc) is 2.46. The van der Waals surface area contributed by atoms with E-state index in [4.69, 9.17) is 16.3 Å². The number of hydrogen-bond donors (Lipinski definition) is 2. The Morgan fingerprint density at radius 1 is 1.05 bits per heavy atom. The molecule has 0 amide bonds. The highest BCUT2D eigenvalue weighted by atomic mass is 19.4. The third-order valence-corrected chi connectivity index (χ3v) is 3.05. The van der Waals surface area contributed by atoms with E-state index in [1.54, 1.807) is 12.1 Å². The monoisotopic (exact) mass is 303 g/mol. The maximum absolute atomic E-state index is 12.6. The van der Waals surface area contributed by atoms with E-state index in [9.17, 15) is 17.7 Å². The summed E-state index contributed by atoms with van der Waals surface area (Å²) in [6.45, 7) is -5.16. The summed E-state index contributed by atoms with van der Waals surface area (Å²) in [5.41, 5.74) is 3.41. The minimum atomic E-state index is -5.16. The topological polar surface area (TPSA) is 106 Å². The van der Waals surface area contributed by atoms with Gasteiger partial charge >= 0.3 is 6.98 Å². The Balaban J connectivity index is 2.75. The number of nitrogens with one attached hydrogen (secondary N) is 1. The highest BCUT2D eigenvalue weighted by molar-refractivity contribution is 6.73. The molecule has 2 rings (SSSR count). The van der Waals surface area contributed by atoms with Crippen molar-refractivity contribution < 1.29 is 12.9 Å². The van der Waals surface area contributed by atoms with Crippen molar-refractivity contribution in [2.24, 2.45) is 0 Å². The van der Waals surface area contributed by atoms with Gasteiger partial charge in [0, 0.05) is 5.56 Å². The number of nitrogens with zero attached hydrogens (tertiary/aromatic N) is 2. The highest BCUT2D eigenvalue weighted by Crippen LogP contribution is 2.27. The molecule has 0 saturated heterocycles. The molecule has 0 fully saturated rings. The Labute approximate surface area is 122 Å². The minimum absolute atomic E-state index is 0.0764. The lowest BCUT2D eigenvalue weighted by molar-refractivity contribution is 0.501. The quantitative estimate of drug-likeness (QED) is 0.818. The van der Waals surface area contributed by atoms with E-state index in [0.717, 1.165) is 24.3 Å². The van der Waals surface area contributed by atoms with Gasteiger partial charge in [-0.25, -0.2) is 0 Å². The number of aromatic amines is 1. The highest BCUT2D eigenvalue weighted by Gasteiger charge is 2.25. The number of rotatable bonds is 2. The largest absolute Gasteiger partial charge is 0.509 e. The molecule has 9 heteroatoms. The predicted octanol–water partition coefficient (Wildman–Crippen LogP) is 1.42. The van der Waals surface area contributed by atoms with E-state index in [1.807, 2.05) is 0 Å².